The molecule has 1 aromatic heterocycles. The first-order valence-electron chi connectivity index (χ1n) is 5.58. The first-order chi connectivity index (χ1) is 9.81. The lowest BCUT2D eigenvalue weighted by molar-refractivity contribution is 0.0703. The lowest BCUT2D eigenvalue weighted by Crippen LogP contribution is -2.16. The van der Waals surface area contributed by atoms with Gasteiger partial charge in [-0.15, -0.1) is 11.3 Å². The maximum Gasteiger partial charge on any atom is 0.348 e. The van der Waals surface area contributed by atoms with Crippen molar-refractivity contribution in [3.05, 3.63) is 50.2 Å². The van der Waals surface area contributed by atoms with Gasteiger partial charge in [0.1, 0.15) is 16.5 Å². The topological polar surface area (TPSA) is 66.4 Å². The van der Waals surface area contributed by atoms with Crippen LogP contribution in [0.3, 0.4) is 0 Å². The van der Waals surface area contributed by atoms with E-state index in [9.17, 15) is 18.4 Å². The number of aryl methyl sites for hydroxylation is 1. The Bertz CT molecular complexity index is 745. The molecule has 4 nitrogen and oxygen atoms in total. The van der Waals surface area contributed by atoms with E-state index < -0.39 is 34.1 Å². The van der Waals surface area contributed by atoms with E-state index in [0.717, 1.165) is 11.3 Å². The second kappa shape index (κ2) is 5.79. The smallest absolute Gasteiger partial charge is 0.348 e. The molecular formula is C13H8ClF2NO3S. The second-order valence-corrected chi connectivity index (χ2v) is 5.42. The Hall–Kier alpha value is -1.99. The molecule has 1 amide bonds. The summed E-state index contributed by atoms with van der Waals surface area (Å²) in [6, 6.07) is 1.35. The van der Waals surface area contributed by atoms with Crippen molar-refractivity contribution in [2.24, 2.45) is 0 Å². The fourth-order valence-electron chi connectivity index (χ4n) is 1.63. The third kappa shape index (κ3) is 3.03. The number of carbonyl (C=O) groups is 2. The number of anilines is 1. The van der Waals surface area contributed by atoms with Crippen LogP contribution in [0.2, 0.25) is 5.02 Å². The molecule has 0 radical (unpaired) electrons. The number of halogens is 3. The monoisotopic (exact) mass is 331 g/mol. The fourth-order valence-corrected chi connectivity index (χ4v) is 2.63. The summed E-state index contributed by atoms with van der Waals surface area (Å²) in [6.45, 7) is 1.59. The molecule has 0 bridgehead atoms. The van der Waals surface area contributed by atoms with Gasteiger partial charge < -0.3 is 10.4 Å². The van der Waals surface area contributed by atoms with Crippen LogP contribution in [0.25, 0.3) is 0 Å². The molecule has 1 aromatic carbocycles. The Morgan fingerprint density at radius 1 is 1.29 bits per heavy atom. The molecule has 8 heteroatoms. The maximum absolute atomic E-state index is 13.6. The normalized spacial score (nSPS) is 10.5. The van der Waals surface area contributed by atoms with Crippen molar-refractivity contribution in [1.82, 2.24) is 0 Å². The summed E-state index contributed by atoms with van der Waals surface area (Å²) in [4.78, 5) is 22.9. The van der Waals surface area contributed by atoms with Gasteiger partial charge >= 0.3 is 5.97 Å². The van der Waals surface area contributed by atoms with E-state index in [1.165, 1.54) is 5.38 Å². The number of rotatable bonds is 3. The quantitative estimate of drug-likeness (QED) is 0.837. The highest BCUT2D eigenvalue weighted by Gasteiger charge is 2.21. The highest BCUT2D eigenvalue weighted by atomic mass is 35.5. The highest BCUT2D eigenvalue weighted by Crippen LogP contribution is 2.28. The lowest BCUT2D eigenvalue weighted by atomic mass is 10.1. The van der Waals surface area contributed by atoms with Crippen molar-refractivity contribution >= 4 is 40.5 Å². The Morgan fingerprint density at radius 2 is 1.95 bits per heavy atom. The Balaban J connectivity index is 2.37. The molecular weight excluding hydrogens is 324 g/mol. The summed E-state index contributed by atoms with van der Waals surface area (Å²) >= 11 is 6.33. The van der Waals surface area contributed by atoms with Crippen molar-refractivity contribution < 1.29 is 23.5 Å². The highest BCUT2D eigenvalue weighted by molar-refractivity contribution is 7.12. The van der Waals surface area contributed by atoms with Gasteiger partial charge in [0.2, 0.25) is 0 Å². The molecule has 110 valence electrons. The van der Waals surface area contributed by atoms with E-state index in [-0.39, 0.29) is 10.6 Å². The number of carboxylic acid groups (broad SMARTS) is 1. The summed E-state index contributed by atoms with van der Waals surface area (Å²) < 4.78 is 27.0. The molecule has 0 aliphatic heterocycles. The summed E-state index contributed by atoms with van der Waals surface area (Å²) in [6.07, 6.45) is 0. The number of carbonyl (C=O) groups excluding carboxylic acids is 1. The van der Waals surface area contributed by atoms with Crippen LogP contribution in [-0.4, -0.2) is 17.0 Å². The summed E-state index contributed by atoms with van der Waals surface area (Å²) in [7, 11) is 0. The Kier molecular flexibility index (Phi) is 4.24. The van der Waals surface area contributed by atoms with Gasteiger partial charge in [-0.05, 0) is 30.0 Å². The van der Waals surface area contributed by atoms with Gasteiger partial charge in [0.15, 0.2) is 0 Å². The first kappa shape index (κ1) is 15.4. The average Bonchev–Trinajstić information content (AvgIpc) is 2.75. The van der Waals surface area contributed by atoms with Crippen molar-refractivity contribution in [2.75, 3.05) is 5.32 Å². The van der Waals surface area contributed by atoms with Crippen LogP contribution in [0.4, 0.5) is 14.5 Å². The van der Waals surface area contributed by atoms with Crippen LogP contribution >= 0.6 is 22.9 Å². The molecule has 0 aliphatic carbocycles. The molecule has 21 heavy (non-hydrogen) atoms. The zero-order chi connectivity index (χ0) is 15.7. The molecule has 0 unspecified atom stereocenters. The van der Waals surface area contributed by atoms with Crippen LogP contribution in [0.15, 0.2) is 17.5 Å². The largest absolute Gasteiger partial charge is 0.477 e. The van der Waals surface area contributed by atoms with E-state index in [2.05, 4.69) is 5.32 Å². The summed E-state index contributed by atoms with van der Waals surface area (Å²) in [5.41, 5.74) is 0.0201. The van der Waals surface area contributed by atoms with Gasteiger partial charge in [-0.1, -0.05) is 11.6 Å². The predicted molar refractivity (Wildman–Crippen MR) is 75.3 cm³/mol. The van der Waals surface area contributed by atoms with Crippen LogP contribution in [-0.2, 0) is 0 Å². The molecule has 0 saturated carbocycles. The van der Waals surface area contributed by atoms with E-state index in [4.69, 9.17) is 16.7 Å². The molecule has 2 aromatic rings. The number of aromatic carboxylic acids is 1. The first-order valence-corrected chi connectivity index (χ1v) is 6.84. The SMILES string of the molecule is Cc1csc(C(=O)O)c1NC(=O)c1cc(F)c(Cl)cc1F. The number of carboxylic acids is 1. The van der Waals surface area contributed by atoms with Gasteiger partial charge in [-0.25, -0.2) is 13.6 Å². The molecule has 2 rings (SSSR count). The molecule has 0 aliphatic rings. The molecule has 0 fully saturated rings. The number of nitrogens with one attached hydrogen (secondary N) is 1. The molecule has 1 heterocycles. The van der Waals surface area contributed by atoms with Gasteiger partial charge in [0.05, 0.1) is 16.3 Å². The van der Waals surface area contributed by atoms with Crippen molar-refractivity contribution in [1.29, 1.82) is 0 Å². The second-order valence-electron chi connectivity index (χ2n) is 4.13. The zero-order valence-corrected chi connectivity index (χ0v) is 12.1. The van der Waals surface area contributed by atoms with Crippen molar-refractivity contribution in [3.63, 3.8) is 0 Å². The standard InChI is InChI=1S/C13H8ClF2NO3S/c1-5-4-21-11(13(19)20)10(5)17-12(18)6-2-9(16)7(14)3-8(6)15/h2-4H,1H3,(H,17,18)(H,19,20). The van der Waals surface area contributed by atoms with Crippen LogP contribution < -0.4 is 5.32 Å². The van der Waals surface area contributed by atoms with E-state index in [1.54, 1.807) is 6.92 Å². The average molecular weight is 332 g/mol. The van der Waals surface area contributed by atoms with E-state index >= 15 is 0 Å². The lowest BCUT2D eigenvalue weighted by Gasteiger charge is -2.08. The van der Waals surface area contributed by atoms with E-state index in [0.29, 0.717) is 17.7 Å². The molecule has 2 N–H and O–H groups in total. The van der Waals surface area contributed by atoms with E-state index in [1.807, 2.05) is 0 Å². The van der Waals surface area contributed by atoms with Gasteiger partial charge in [0.25, 0.3) is 5.91 Å². The summed E-state index contributed by atoms with van der Waals surface area (Å²) in [5, 5.41) is 12.4. The van der Waals surface area contributed by atoms with Crippen LogP contribution in [0.5, 0.6) is 0 Å². The summed E-state index contributed by atoms with van der Waals surface area (Å²) in [5.74, 6) is -4.11. The van der Waals surface area contributed by atoms with Crippen molar-refractivity contribution in [3.8, 4) is 0 Å². The van der Waals surface area contributed by atoms with Crippen LogP contribution in [0, 0.1) is 18.6 Å². The van der Waals surface area contributed by atoms with Gasteiger partial charge in [0, 0.05) is 0 Å². The van der Waals surface area contributed by atoms with Crippen LogP contribution in [0.1, 0.15) is 25.6 Å². The molecule has 0 atom stereocenters. The minimum atomic E-state index is -1.22. The minimum absolute atomic E-state index is 0.0623. The maximum atomic E-state index is 13.6. The third-order valence-corrected chi connectivity index (χ3v) is 4.04. The minimum Gasteiger partial charge on any atom is -0.477 e. The Labute approximate surface area is 127 Å². The fraction of sp³-hybridized carbons (Fsp3) is 0.0769. The van der Waals surface area contributed by atoms with Gasteiger partial charge in [-0.2, -0.15) is 0 Å². The molecule has 0 saturated heterocycles. The molecule has 0 spiro atoms. The van der Waals surface area contributed by atoms with Crippen molar-refractivity contribution in [2.45, 2.75) is 6.92 Å². The number of hydrogen-bond donors (Lipinski definition) is 2. The number of amides is 1. The predicted octanol–water partition coefficient (Wildman–Crippen LogP) is 3.94. The number of benzene rings is 1. The number of hydrogen-bond acceptors (Lipinski definition) is 3. The zero-order valence-electron chi connectivity index (χ0n) is 10.5. The van der Waals surface area contributed by atoms with Gasteiger partial charge in [-0.3, -0.25) is 4.79 Å². The number of thiophene rings is 1. The Morgan fingerprint density at radius 3 is 2.57 bits per heavy atom. The third-order valence-electron chi connectivity index (χ3n) is 2.66.